The van der Waals surface area contributed by atoms with Crippen molar-refractivity contribution >= 4 is 5.69 Å². The minimum absolute atomic E-state index is 0.0114. The Kier molecular flexibility index (Phi) is 1.87. The molecule has 0 saturated heterocycles. The fraction of sp³-hybridized carbons (Fsp3) is 0.400. The van der Waals surface area contributed by atoms with Gasteiger partial charge >= 0.3 is 6.18 Å². The number of hydrogen-bond donors (Lipinski definition) is 1. The molecule has 12 heavy (non-hydrogen) atoms. The van der Waals surface area contributed by atoms with Gasteiger partial charge in [-0.3, -0.25) is 5.10 Å². The minimum Gasteiger partial charge on any atom is -0.280 e. The van der Waals surface area contributed by atoms with Crippen LogP contribution in [0, 0.1) is 11.8 Å². The summed E-state index contributed by atoms with van der Waals surface area (Å²) in [6, 6.07) is 0. The Bertz CT molecular complexity index is 303. The molecule has 0 saturated carbocycles. The van der Waals surface area contributed by atoms with Gasteiger partial charge in [0, 0.05) is 0 Å². The Morgan fingerprint density at radius 3 is 2.42 bits per heavy atom. The average Bonchev–Trinajstić information content (AvgIpc) is 2.29. The lowest BCUT2D eigenvalue weighted by Gasteiger charge is -2.00. The summed E-state index contributed by atoms with van der Waals surface area (Å²) in [7, 11) is 0. The van der Waals surface area contributed by atoms with E-state index in [9.17, 15) is 18.1 Å². The van der Waals surface area contributed by atoms with Crippen LogP contribution in [0.15, 0.2) is 5.18 Å². The highest BCUT2D eigenvalue weighted by Crippen LogP contribution is 2.35. The Balaban J connectivity index is 3.25. The van der Waals surface area contributed by atoms with Crippen molar-refractivity contribution in [3.8, 4) is 0 Å². The Morgan fingerprint density at radius 1 is 1.50 bits per heavy atom. The van der Waals surface area contributed by atoms with E-state index in [0.717, 1.165) is 0 Å². The van der Waals surface area contributed by atoms with Crippen LogP contribution in [0.4, 0.5) is 18.9 Å². The van der Waals surface area contributed by atoms with E-state index in [0.29, 0.717) is 0 Å². The van der Waals surface area contributed by atoms with Crippen molar-refractivity contribution in [2.45, 2.75) is 13.1 Å². The van der Waals surface area contributed by atoms with Gasteiger partial charge in [0.05, 0.1) is 5.69 Å². The predicted octanol–water partition coefficient (Wildman–Crippen LogP) is 2.13. The highest BCUT2D eigenvalue weighted by Gasteiger charge is 2.38. The number of nitrogens with zero attached hydrogens (tertiary/aromatic N) is 2. The maximum absolute atomic E-state index is 12.0. The van der Waals surface area contributed by atoms with Gasteiger partial charge < -0.3 is 0 Å². The van der Waals surface area contributed by atoms with Crippen LogP contribution in [0.5, 0.6) is 0 Å². The van der Waals surface area contributed by atoms with Crippen molar-refractivity contribution in [1.82, 2.24) is 10.2 Å². The van der Waals surface area contributed by atoms with Gasteiger partial charge in [0.1, 0.15) is 0 Å². The van der Waals surface area contributed by atoms with Gasteiger partial charge in [0.2, 0.25) is 0 Å². The van der Waals surface area contributed by atoms with Crippen LogP contribution < -0.4 is 0 Å². The van der Waals surface area contributed by atoms with Crippen LogP contribution in [-0.2, 0) is 6.18 Å². The van der Waals surface area contributed by atoms with Crippen LogP contribution in [0.1, 0.15) is 11.4 Å². The molecule has 0 aromatic carbocycles. The number of aromatic nitrogens is 2. The lowest BCUT2D eigenvalue weighted by molar-refractivity contribution is -0.140. The number of halogens is 3. The number of rotatable bonds is 1. The minimum atomic E-state index is -4.63. The van der Waals surface area contributed by atoms with Crippen molar-refractivity contribution in [1.29, 1.82) is 0 Å². The summed E-state index contributed by atoms with van der Waals surface area (Å²) in [4.78, 5) is 9.95. The summed E-state index contributed by atoms with van der Waals surface area (Å²) in [5.74, 6) is 0. The molecule has 1 aromatic rings. The number of H-pyrrole nitrogens is 1. The zero-order chi connectivity index (χ0) is 9.35. The molecule has 0 fully saturated rings. The van der Waals surface area contributed by atoms with E-state index in [2.05, 4.69) is 10.3 Å². The summed E-state index contributed by atoms with van der Waals surface area (Å²) < 4.78 is 35.9. The first-order chi connectivity index (χ1) is 5.46. The van der Waals surface area contributed by atoms with Crippen molar-refractivity contribution in [3.05, 3.63) is 16.3 Å². The maximum Gasteiger partial charge on any atom is 0.437 e. The topological polar surface area (TPSA) is 58.1 Å². The van der Waals surface area contributed by atoms with Gasteiger partial charge in [-0.25, -0.2) is 0 Å². The molecule has 1 rings (SSSR count). The largest absolute Gasteiger partial charge is 0.437 e. The number of nitrogens with one attached hydrogen (secondary N) is 1. The first kappa shape index (κ1) is 8.69. The molecule has 0 unspecified atom stereocenters. The molecule has 4 nitrogen and oxygen atoms in total. The molecule has 0 aliphatic rings. The van der Waals surface area contributed by atoms with Crippen molar-refractivity contribution in [2.75, 3.05) is 0 Å². The molecule has 0 aliphatic carbocycles. The van der Waals surface area contributed by atoms with Crippen LogP contribution in [-0.4, -0.2) is 10.2 Å². The summed E-state index contributed by atoms with van der Waals surface area (Å²) in [5, 5.41) is 7.18. The molecule has 1 aromatic heterocycles. The normalized spacial score (nSPS) is 11.7. The van der Waals surface area contributed by atoms with Crippen LogP contribution in [0.25, 0.3) is 0 Å². The van der Waals surface area contributed by atoms with Gasteiger partial charge in [-0.05, 0) is 12.1 Å². The number of aryl methyl sites for hydroxylation is 1. The Hall–Kier alpha value is -1.40. The van der Waals surface area contributed by atoms with Gasteiger partial charge in [0.15, 0.2) is 11.4 Å². The molecule has 0 aliphatic heterocycles. The van der Waals surface area contributed by atoms with Crippen LogP contribution in [0.2, 0.25) is 0 Å². The lowest BCUT2D eigenvalue weighted by Crippen LogP contribution is -2.05. The SMILES string of the molecule is Cc1[nH]nc(C(F)(F)F)c1N=O. The zero-order valence-corrected chi connectivity index (χ0v) is 5.94. The third-order valence-corrected chi connectivity index (χ3v) is 1.27. The molecule has 0 radical (unpaired) electrons. The molecule has 66 valence electrons. The quantitative estimate of drug-likeness (QED) is 0.671. The average molecular weight is 179 g/mol. The summed E-state index contributed by atoms with van der Waals surface area (Å²) in [6.07, 6.45) is -4.63. The second-order valence-corrected chi connectivity index (χ2v) is 2.13. The smallest absolute Gasteiger partial charge is 0.280 e. The summed E-state index contributed by atoms with van der Waals surface area (Å²) in [6.45, 7) is 1.29. The molecule has 1 heterocycles. The number of alkyl halides is 3. The molecule has 0 amide bonds. The fourth-order valence-corrected chi connectivity index (χ4v) is 0.733. The standard InChI is InChI=1S/C5H4F3N3O/c1-2-3(11-12)4(10-9-2)5(6,7)8/h1H3,(H,9,10). The van der Waals surface area contributed by atoms with E-state index in [-0.39, 0.29) is 5.69 Å². The first-order valence-electron chi connectivity index (χ1n) is 2.92. The number of nitroso groups, excluding NO2 is 1. The molecule has 0 atom stereocenters. The van der Waals surface area contributed by atoms with Crippen molar-refractivity contribution < 1.29 is 13.2 Å². The van der Waals surface area contributed by atoms with Crippen LogP contribution in [0.3, 0.4) is 0 Å². The van der Waals surface area contributed by atoms with E-state index in [1.54, 1.807) is 0 Å². The second kappa shape index (κ2) is 2.58. The molecule has 0 bridgehead atoms. The van der Waals surface area contributed by atoms with Gasteiger partial charge in [0.25, 0.3) is 0 Å². The third kappa shape index (κ3) is 1.29. The molecule has 0 spiro atoms. The van der Waals surface area contributed by atoms with Gasteiger partial charge in [-0.15, -0.1) is 4.91 Å². The maximum atomic E-state index is 12.0. The van der Waals surface area contributed by atoms with E-state index in [1.165, 1.54) is 6.92 Å². The highest BCUT2D eigenvalue weighted by atomic mass is 19.4. The lowest BCUT2D eigenvalue weighted by atomic mass is 10.3. The highest BCUT2D eigenvalue weighted by molar-refractivity contribution is 5.47. The van der Waals surface area contributed by atoms with E-state index in [1.807, 2.05) is 5.10 Å². The summed E-state index contributed by atoms with van der Waals surface area (Å²) >= 11 is 0. The molecular weight excluding hydrogens is 175 g/mol. The number of hydrogen-bond acceptors (Lipinski definition) is 3. The van der Waals surface area contributed by atoms with Gasteiger partial charge in [-0.2, -0.15) is 18.3 Å². The number of aromatic amines is 1. The Morgan fingerprint density at radius 2 is 2.08 bits per heavy atom. The van der Waals surface area contributed by atoms with Crippen LogP contribution >= 0.6 is 0 Å². The second-order valence-electron chi connectivity index (χ2n) is 2.13. The fourth-order valence-electron chi connectivity index (χ4n) is 0.733. The monoisotopic (exact) mass is 179 g/mol. The summed E-state index contributed by atoms with van der Waals surface area (Å²) in [5.41, 5.74) is -1.94. The third-order valence-electron chi connectivity index (χ3n) is 1.27. The van der Waals surface area contributed by atoms with E-state index >= 15 is 0 Å². The molecular formula is C5H4F3N3O. The van der Waals surface area contributed by atoms with Crippen molar-refractivity contribution in [2.24, 2.45) is 5.18 Å². The Labute approximate surface area is 64.7 Å². The molecule has 7 heteroatoms. The first-order valence-corrected chi connectivity index (χ1v) is 2.92. The van der Waals surface area contributed by atoms with Gasteiger partial charge in [-0.1, -0.05) is 0 Å². The molecule has 1 N–H and O–H groups in total. The zero-order valence-electron chi connectivity index (χ0n) is 5.94. The van der Waals surface area contributed by atoms with E-state index < -0.39 is 17.6 Å². The van der Waals surface area contributed by atoms with Crippen molar-refractivity contribution in [3.63, 3.8) is 0 Å². The van der Waals surface area contributed by atoms with E-state index in [4.69, 9.17) is 0 Å². The predicted molar refractivity (Wildman–Crippen MR) is 33.8 cm³/mol.